The Morgan fingerprint density at radius 1 is 1.07 bits per heavy atom. The van der Waals surface area contributed by atoms with Crippen LogP contribution in [0.2, 0.25) is 0 Å². The summed E-state index contributed by atoms with van der Waals surface area (Å²) < 4.78 is 1.06. The van der Waals surface area contributed by atoms with E-state index in [1.807, 2.05) is 12.1 Å². The zero-order valence-electron chi connectivity index (χ0n) is 15.6. The molecule has 2 fully saturated rings. The second-order valence-corrected chi connectivity index (χ2v) is 8.70. The van der Waals surface area contributed by atoms with Crippen molar-refractivity contribution in [1.29, 1.82) is 0 Å². The molecule has 6 heteroatoms. The van der Waals surface area contributed by atoms with E-state index in [1.165, 1.54) is 12.0 Å². The maximum Gasteiger partial charge on any atom is 0.319 e. The lowest BCUT2D eigenvalue weighted by Gasteiger charge is -2.42. The van der Waals surface area contributed by atoms with Crippen LogP contribution in [0.1, 0.15) is 48.0 Å². The number of carbonyl (C=O) groups is 2. The zero-order valence-corrected chi connectivity index (χ0v) is 17.2. The van der Waals surface area contributed by atoms with Gasteiger partial charge in [0.1, 0.15) is 0 Å². The van der Waals surface area contributed by atoms with Gasteiger partial charge >= 0.3 is 6.03 Å². The number of anilines is 1. The number of hydrogen-bond acceptors (Lipinski definition) is 2. The summed E-state index contributed by atoms with van der Waals surface area (Å²) >= 11 is 3.54. The summed E-state index contributed by atoms with van der Waals surface area (Å²) in [6.45, 7) is 0.613. The maximum atomic E-state index is 12.7. The van der Waals surface area contributed by atoms with E-state index in [0.717, 1.165) is 30.2 Å². The lowest BCUT2D eigenvalue weighted by atomic mass is 9.64. The van der Waals surface area contributed by atoms with Crippen molar-refractivity contribution in [1.82, 2.24) is 10.6 Å². The summed E-state index contributed by atoms with van der Waals surface area (Å²) in [5.41, 5.74) is 2.45. The summed E-state index contributed by atoms with van der Waals surface area (Å²) in [5, 5.41) is 8.78. The normalized spacial score (nSPS) is 17.3. The van der Waals surface area contributed by atoms with Gasteiger partial charge in [0.25, 0.3) is 5.91 Å². The minimum atomic E-state index is -0.219. The van der Waals surface area contributed by atoms with Crippen molar-refractivity contribution in [2.24, 2.45) is 0 Å². The van der Waals surface area contributed by atoms with Gasteiger partial charge in [0.15, 0.2) is 0 Å². The average Bonchev–Trinajstić information content (AvgIpc) is 3.45. The number of urea groups is 1. The van der Waals surface area contributed by atoms with Crippen molar-refractivity contribution in [3.63, 3.8) is 0 Å². The molecule has 2 aromatic carbocycles. The second-order valence-electron chi connectivity index (χ2n) is 7.78. The van der Waals surface area contributed by atoms with Crippen LogP contribution >= 0.6 is 15.9 Å². The van der Waals surface area contributed by atoms with Crippen LogP contribution in [0.15, 0.2) is 53.0 Å². The lowest BCUT2D eigenvalue weighted by Crippen LogP contribution is -2.45. The first kappa shape index (κ1) is 19.0. The van der Waals surface area contributed by atoms with E-state index in [2.05, 4.69) is 44.0 Å². The fraction of sp³-hybridized carbons (Fsp3) is 0.364. The van der Waals surface area contributed by atoms with Crippen LogP contribution in [0.25, 0.3) is 0 Å². The first-order chi connectivity index (χ1) is 13.5. The van der Waals surface area contributed by atoms with Gasteiger partial charge in [-0.05, 0) is 61.6 Å². The predicted molar refractivity (Wildman–Crippen MR) is 114 cm³/mol. The Labute approximate surface area is 173 Å². The molecule has 28 heavy (non-hydrogen) atoms. The number of hydrogen-bond donors (Lipinski definition) is 3. The lowest BCUT2D eigenvalue weighted by molar-refractivity contribution is 0.0928. The van der Waals surface area contributed by atoms with Gasteiger partial charge < -0.3 is 16.0 Å². The van der Waals surface area contributed by atoms with Crippen LogP contribution < -0.4 is 16.0 Å². The molecule has 3 amide bonds. The molecule has 2 aliphatic rings. The summed E-state index contributed by atoms with van der Waals surface area (Å²) in [5.74, 6) is -0.118. The highest BCUT2D eigenvalue weighted by Crippen LogP contribution is 2.43. The van der Waals surface area contributed by atoms with Crippen LogP contribution in [0, 0.1) is 0 Å². The molecular weight excluding hydrogens is 418 g/mol. The third kappa shape index (κ3) is 4.38. The molecule has 2 aliphatic carbocycles. The largest absolute Gasteiger partial charge is 0.351 e. The van der Waals surface area contributed by atoms with Crippen LogP contribution in [0.3, 0.4) is 0 Å². The van der Waals surface area contributed by atoms with Crippen LogP contribution in [0.4, 0.5) is 10.5 Å². The van der Waals surface area contributed by atoms with E-state index in [0.29, 0.717) is 23.8 Å². The zero-order chi connectivity index (χ0) is 19.6. The Bertz CT molecular complexity index is 891. The molecule has 4 rings (SSSR count). The molecule has 0 bridgehead atoms. The number of rotatable bonds is 6. The van der Waals surface area contributed by atoms with E-state index in [1.54, 1.807) is 24.3 Å². The van der Waals surface area contributed by atoms with Crippen molar-refractivity contribution < 1.29 is 9.59 Å². The Morgan fingerprint density at radius 2 is 1.86 bits per heavy atom. The van der Waals surface area contributed by atoms with Gasteiger partial charge in [0.05, 0.1) is 0 Å². The minimum Gasteiger partial charge on any atom is -0.351 e. The van der Waals surface area contributed by atoms with Crippen molar-refractivity contribution >= 4 is 33.6 Å². The number of carbonyl (C=O) groups excluding carboxylic acids is 2. The molecule has 0 unspecified atom stereocenters. The van der Waals surface area contributed by atoms with Gasteiger partial charge in [-0.3, -0.25) is 4.79 Å². The monoisotopic (exact) mass is 441 g/mol. The maximum absolute atomic E-state index is 12.7. The van der Waals surface area contributed by atoms with Crippen LogP contribution in [-0.4, -0.2) is 24.5 Å². The van der Waals surface area contributed by atoms with Crippen molar-refractivity contribution in [3.8, 4) is 0 Å². The number of benzene rings is 2. The summed E-state index contributed by atoms with van der Waals surface area (Å²) in [6, 6.07) is 15.5. The van der Waals surface area contributed by atoms with Gasteiger partial charge in [0, 0.05) is 33.7 Å². The third-order valence-corrected chi connectivity index (χ3v) is 6.12. The Hall–Kier alpha value is -2.34. The third-order valence-electron chi connectivity index (χ3n) is 5.63. The van der Waals surface area contributed by atoms with E-state index in [9.17, 15) is 9.59 Å². The van der Waals surface area contributed by atoms with Gasteiger partial charge in [0.2, 0.25) is 0 Å². The molecule has 3 N–H and O–H groups in total. The van der Waals surface area contributed by atoms with E-state index < -0.39 is 0 Å². The fourth-order valence-electron chi connectivity index (χ4n) is 3.66. The molecule has 2 aromatic rings. The molecular formula is C22H24BrN3O2. The Morgan fingerprint density at radius 3 is 2.54 bits per heavy atom. The van der Waals surface area contributed by atoms with E-state index in [-0.39, 0.29) is 17.4 Å². The van der Waals surface area contributed by atoms with Crippen LogP contribution in [0.5, 0.6) is 0 Å². The van der Waals surface area contributed by atoms with Gasteiger partial charge in [-0.15, -0.1) is 0 Å². The molecule has 0 atom stereocenters. The second kappa shape index (κ2) is 7.95. The molecule has 0 heterocycles. The SMILES string of the molecule is O=C(Nc1cccc(C(=O)NCC2(c3cccc(Br)c3)CCC2)c1)NC1CC1. The van der Waals surface area contributed by atoms with Crippen molar-refractivity contribution in [3.05, 3.63) is 64.1 Å². The highest BCUT2D eigenvalue weighted by atomic mass is 79.9. The number of nitrogens with one attached hydrogen (secondary N) is 3. The highest BCUT2D eigenvalue weighted by Gasteiger charge is 2.39. The van der Waals surface area contributed by atoms with Gasteiger partial charge in [-0.1, -0.05) is 40.5 Å². The molecule has 0 saturated heterocycles. The summed E-state index contributed by atoms with van der Waals surface area (Å²) in [7, 11) is 0. The molecule has 0 spiro atoms. The molecule has 2 saturated carbocycles. The average molecular weight is 442 g/mol. The first-order valence-electron chi connectivity index (χ1n) is 9.76. The van der Waals surface area contributed by atoms with Crippen molar-refractivity contribution in [2.75, 3.05) is 11.9 Å². The standard InChI is InChI=1S/C22H24BrN3O2/c23-17-6-2-5-16(13-17)22(10-3-11-22)14-24-20(27)15-4-1-7-19(12-15)26-21(28)25-18-8-9-18/h1-2,4-7,12-13,18H,3,8-11,14H2,(H,24,27)(H2,25,26,28). The predicted octanol–water partition coefficient (Wildman–Crippen LogP) is 4.58. The van der Waals surface area contributed by atoms with Crippen LogP contribution in [-0.2, 0) is 5.41 Å². The van der Waals surface area contributed by atoms with E-state index in [4.69, 9.17) is 0 Å². The smallest absolute Gasteiger partial charge is 0.319 e. The molecule has 0 aromatic heterocycles. The molecule has 146 valence electrons. The Kier molecular flexibility index (Phi) is 5.40. The summed E-state index contributed by atoms with van der Waals surface area (Å²) in [6.07, 6.45) is 5.41. The Balaban J connectivity index is 1.39. The van der Waals surface area contributed by atoms with Crippen molar-refractivity contribution in [2.45, 2.75) is 43.6 Å². The molecule has 0 aliphatic heterocycles. The quantitative estimate of drug-likeness (QED) is 0.613. The number of amides is 3. The first-order valence-corrected chi connectivity index (χ1v) is 10.6. The fourth-order valence-corrected chi connectivity index (χ4v) is 4.06. The molecule has 5 nitrogen and oxygen atoms in total. The van der Waals surface area contributed by atoms with Gasteiger partial charge in [-0.2, -0.15) is 0 Å². The minimum absolute atomic E-state index is 0.0133. The molecule has 0 radical (unpaired) electrons. The number of halogens is 1. The summed E-state index contributed by atoms with van der Waals surface area (Å²) in [4.78, 5) is 24.6. The highest BCUT2D eigenvalue weighted by molar-refractivity contribution is 9.10. The van der Waals surface area contributed by atoms with E-state index >= 15 is 0 Å². The topological polar surface area (TPSA) is 70.2 Å². The van der Waals surface area contributed by atoms with Gasteiger partial charge in [-0.25, -0.2) is 4.79 Å².